The molecule has 102 valence electrons. The molecule has 2 rings (SSSR count). The maximum atomic E-state index is 5.08. The Morgan fingerprint density at radius 3 is 2.63 bits per heavy atom. The summed E-state index contributed by atoms with van der Waals surface area (Å²) in [5.41, 5.74) is 1.05. The summed E-state index contributed by atoms with van der Waals surface area (Å²) in [5, 5.41) is 0. The Morgan fingerprint density at radius 1 is 1.32 bits per heavy atom. The average Bonchev–Trinajstić information content (AvgIpc) is 2.79. The van der Waals surface area contributed by atoms with Gasteiger partial charge in [-0.3, -0.25) is 0 Å². The first kappa shape index (κ1) is 14.1. The summed E-state index contributed by atoms with van der Waals surface area (Å²) < 4.78 is 5.89. The van der Waals surface area contributed by atoms with Gasteiger partial charge < -0.3 is 9.32 Å². The van der Waals surface area contributed by atoms with E-state index in [-0.39, 0.29) is 5.41 Å². The fourth-order valence-corrected chi connectivity index (χ4v) is 2.05. The van der Waals surface area contributed by atoms with E-state index in [1.807, 2.05) is 19.2 Å². The fourth-order valence-electron chi connectivity index (χ4n) is 1.67. The normalized spacial score (nSPS) is 11.6. The number of rotatable bonds is 3. The summed E-state index contributed by atoms with van der Waals surface area (Å²) in [4.78, 5) is 11.2. The summed E-state index contributed by atoms with van der Waals surface area (Å²) in [6, 6.07) is 3.88. The Bertz CT molecular complexity index is 546. The summed E-state index contributed by atoms with van der Waals surface area (Å²) in [6.45, 7) is 7.07. The third-order valence-electron chi connectivity index (χ3n) is 2.74. The van der Waals surface area contributed by atoms with Gasteiger partial charge in [0.15, 0.2) is 0 Å². The van der Waals surface area contributed by atoms with E-state index in [4.69, 9.17) is 4.42 Å². The maximum absolute atomic E-state index is 5.08. The first-order chi connectivity index (χ1) is 8.86. The molecule has 0 spiro atoms. The van der Waals surface area contributed by atoms with E-state index in [9.17, 15) is 0 Å². The summed E-state index contributed by atoms with van der Waals surface area (Å²) >= 11 is 3.46. The molecule has 4 nitrogen and oxygen atoms in total. The molecule has 0 bridgehead atoms. The lowest BCUT2D eigenvalue weighted by Gasteiger charge is -2.22. The zero-order valence-corrected chi connectivity index (χ0v) is 13.2. The molecule has 2 aromatic rings. The Hall–Kier alpha value is -1.36. The molecular formula is C14H18BrN3O. The molecule has 0 aliphatic carbocycles. The maximum Gasteiger partial charge on any atom is 0.137 e. The third-order valence-corrected chi connectivity index (χ3v) is 3.15. The number of halogens is 1. The van der Waals surface area contributed by atoms with Gasteiger partial charge in [-0.05, 0) is 22.0 Å². The highest BCUT2D eigenvalue weighted by atomic mass is 79.9. The molecule has 19 heavy (non-hydrogen) atoms. The van der Waals surface area contributed by atoms with Gasteiger partial charge in [0.1, 0.15) is 16.2 Å². The third kappa shape index (κ3) is 3.56. The van der Waals surface area contributed by atoms with Gasteiger partial charge >= 0.3 is 0 Å². The van der Waals surface area contributed by atoms with E-state index < -0.39 is 0 Å². The number of anilines is 1. The molecule has 0 fully saturated rings. The minimum atomic E-state index is -0.0744. The smallest absolute Gasteiger partial charge is 0.137 e. The lowest BCUT2D eigenvalue weighted by molar-refractivity contribution is 0.542. The molecule has 0 N–H and O–H groups in total. The predicted octanol–water partition coefficient (Wildman–Crippen LogP) is 3.77. The van der Waals surface area contributed by atoms with Gasteiger partial charge in [0.2, 0.25) is 0 Å². The number of nitrogens with zero attached hydrogens (tertiary/aromatic N) is 3. The highest BCUT2D eigenvalue weighted by Gasteiger charge is 2.19. The van der Waals surface area contributed by atoms with E-state index in [2.05, 4.69) is 51.6 Å². The second-order valence-electron chi connectivity index (χ2n) is 5.61. The highest BCUT2D eigenvalue weighted by molar-refractivity contribution is 9.10. The monoisotopic (exact) mass is 323 g/mol. The number of hydrogen-bond donors (Lipinski definition) is 0. The van der Waals surface area contributed by atoms with Crippen molar-refractivity contribution in [2.75, 3.05) is 11.9 Å². The molecule has 2 aromatic heterocycles. The van der Waals surface area contributed by atoms with Crippen molar-refractivity contribution in [1.82, 2.24) is 9.97 Å². The lowest BCUT2D eigenvalue weighted by atomic mass is 9.96. The summed E-state index contributed by atoms with van der Waals surface area (Å²) in [5.74, 6) is 1.73. The van der Waals surface area contributed by atoms with Crippen molar-refractivity contribution in [3.63, 3.8) is 0 Å². The van der Waals surface area contributed by atoms with Crippen LogP contribution in [0.5, 0.6) is 0 Å². The van der Waals surface area contributed by atoms with Crippen LogP contribution in [0.15, 0.2) is 33.7 Å². The van der Waals surface area contributed by atoms with Crippen LogP contribution in [0.25, 0.3) is 0 Å². The molecule has 0 atom stereocenters. The quantitative estimate of drug-likeness (QED) is 0.806. The van der Waals surface area contributed by atoms with Gasteiger partial charge in [-0.2, -0.15) is 0 Å². The molecule has 0 aromatic carbocycles. The minimum absolute atomic E-state index is 0.0744. The van der Waals surface area contributed by atoms with Crippen LogP contribution < -0.4 is 4.90 Å². The van der Waals surface area contributed by atoms with Crippen LogP contribution in [0.1, 0.15) is 32.2 Å². The van der Waals surface area contributed by atoms with Crippen molar-refractivity contribution in [3.8, 4) is 0 Å². The number of hydrogen-bond acceptors (Lipinski definition) is 4. The lowest BCUT2D eigenvalue weighted by Crippen LogP contribution is -2.22. The van der Waals surface area contributed by atoms with E-state index in [0.717, 1.165) is 28.4 Å². The van der Waals surface area contributed by atoms with Crippen molar-refractivity contribution < 1.29 is 4.42 Å². The molecule has 0 saturated carbocycles. The van der Waals surface area contributed by atoms with Crippen molar-refractivity contribution in [3.05, 3.63) is 40.7 Å². The molecule has 5 heteroatoms. The van der Waals surface area contributed by atoms with Gasteiger partial charge in [0.05, 0.1) is 12.5 Å². The van der Waals surface area contributed by atoms with Gasteiger partial charge in [0.25, 0.3) is 0 Å². The van der Waals surface area contributed by atoms with E-state index in [0.29, 0.717) is 0 Å². The summed E-state index contributed by atoms with van der Waals surface area (Å²) in [7, 11) is 2.01. The number of aromatic nitrogens is 2. The van der Waals surface area contributed by atoms with Gasteiger partial charge in [-0.15, -0.1) is 0 Å². The van der Waals surface area contributed by atoms with Crippen molar-refractivity contribution in [1.29, 1.82) is 0 Å². The van der Waals surface area contributed by atoms with Crippen LogP contribution in [0, 0.1) is 0 Å². The van der Waals surface area contributed by atoms with Crippen LogP contribution in [-0.4, -0.2) is 17.0 Å². The van der Waals surface area contributed by atoms with Gasteiger partial charge in [-0.25, -0.2) is 9.97 Å². The topological polar surface area (TPSA) is 42.2 Å². The van der Waals surface area contributed by atoms with Crippen LogP contribution in [0.2, 0.25) is 0 Å². The molecule has 0 saturated heterocycles. The highest BCUT2D eigenvalue weighted by Crippen LogP contribution is 2.24. The Labute approximate surface area is 122 Å². The zero-order valence-electron chi connectivity index (χ0n) is 11.6. The molecule has 0 amide bonds. The molecule has 0 aliphatic rings. The van der Waals surface area contributed by atoms with Crippen molar-refractivity contribution in [2.45, 2.75) is 32.7 Å². The Kier molecular flexibility index (Phi) is 3.94. The first-order valence-corrected chi connectivity index (χ1v) is 6.93. The van der Waals surface area contributed by atoms with E-state index in [1.54, 1.807) is 12.5 Å². The molecule has 0 aliphatic heterocycles. The Morgan fingerprint density at radius 2 is 2.05 bits per heavy atom. The van der Waals surface area contributed by atoms with Gasteiger partial charge in [-0.1, -0.05) is 20.8 Å². The first-order valence-electron chi connectivity index (χ1n) is 6.13. The predicted molar refractivity (Wildman–Crippen MR) is 79.2 cm³/mol. The molecule has 0 unspecified atom stereocenters. The van der Waals surface area contributed by atoms with Crippen molar-refractivity contribution in [2.24, 2.45) is 0 Å². The van der Waals surface area contributed by atoms with Crippen LogP contribution in [0.4, 0.5) is 5.82 Å². The second kappa shape index (κ2) is 5.33. The fraction of sp³-hybridized carbons (Fsp3) is 0.429. The Balaban J connectivity index is 2.26. The SMILES string of the molecule is CN(Cc1ccoc1)c1cc(Br)nc(C(C)(C)C)n1. The average molecular weight is 324 g/mol. The van der Waals surface area contributed by atoms with E-state index in [1.165, 1.54) is 0 Å². The largest absolute Gasteiger partial charge is 0.472 e. The van der Waals surface area contributed by atoms with Crippen LogP contribution >= 0.6 is 15.9 Å². The van der Waals surface area contributed by atoms with Crippen molar-refractivity contribution >= 4 is 21.7 Å². The molecular weight excluding hydrogens is 306 g/mol. The summed E-state index contributed by atoms with van der Waals surface area (Å²) in [6.07, 6.45) is 3.43. The second-order valence-corrected chi connectivity index (χ2v) is 6.42. The van der Waals surface area contributed by atoms with Crippen LogP contribution in [-0.2, 0) is 12.0 Å². The van der Waals surface area contributed by atoms with Gasteiger partial charge in [0, 0.05) is 30.6 Å². The van der Waals surface area contributed by atoms with Crippen LogP contribution in [0.3, 0.4) is 0 Å². The standard InChI is InChI=1S/C14H18BrN3O/c1-14(2,3)13-16-11(15)7-12(17-13)18(4)8-10-5-6-19-9-10/h5-7,9H,8H2,1-4H3. The zero-order chi connectivity index (χ0) is 14.0. The molecule has 2 heterocycles. The number of furan rings is 1. The van der Waals surface area contributed by atoms with E-state index >= 15 is 0 Å². The molecule has 0 radical (unpaired) electrons. The minimum Gasteiger partial charge on any atom is -0.472 e.